The van der Waals surface area contributed by atoms with E-state index in [0.717, 1.165) is 6.42 Å². The molecule has 0 radical (unpaired) electrons. The van der Waals surface area contributed by atoms with Gasteiger partial charge in [0, 0.05) is 18.2 Å². The summed E-state index contributed by atoms with van der Waals surface area (Å²) in [7, 11) is 0. The van der Waals surface area contributed by atoms with Gasteiger partial charge in [-0.25, -0.2) is 0 Å². The Balaban J connectivity index is 1.87. The predicted molar refractivity (Wildman–Crippen MR) is 99.0 cm³/mol. The lowest BCUT2D eigenvalue weighted by Gasteiger charge is -2.30. The largest absolute Gasteiger partial charge is 0.392 e. The molecular formula is C19H22ClN3O4. The van der Waals surface area contributed by atoms with Crippen LogP contribution >= 0.6 is 11.6 Å². The van der Waals surface area contributed by atoms with Crippen molar-refractivity contribution >= 4 is 35.0 Å². The lowest BCUT2D eigenvalue weighted by Crippen LogP contribution is -2.54. The molecule has 0 saturated carbocycles. The third-order valence-corrected chi connectivity index (χ3v) is 6.30. The van der Waals surface area contributed by atoms with E-state index in [-0.39, 0.29) is 11.8 Å². The molecule has 3 heterocycles. The Bertz CT molecular complexity index is 842. The Labute approximate surface area is 162 Å². The number of nitrogens with zero attached hydrogens (tertiary/aromatic N) is 1. The van der Waals surface area contributed by atoms with Crippen LogP contribution in [0.25, 0.3) is 0 Å². The highest BCUT2D eigenvalue weighted by atomic mass is 35.5. The van der Waals surface area contributed by atoms with Crippen molar-refractivity contribution in [1.82, 2.24) is 10.2 Å². The summed E-state index contributed by atoms with van der Waals surface area (Å²) in [5, 5.41) is 16.6. The van der Waals surface area contributed by atoms with E-state index in [0.29, 0.717) is 29.2 Å². The van der Waals surface area contributed by atoms with Crippen molar-refractivity contribution in [2.75, 3.05) is 11.9 Å². The minimum Gasteiger partial charge on any atom is -0.392 e. The average molecular weight is 392 g/mol. The third-order valence-electron chi connectivity index (χ3n) is 5.98. The molecule has 27 heavy (non-hydrogen) atoms. The number of para-hydroxylation sites is 1. The van der Waals surface area contributed by atoms with Crippen molar-refractivity contribution in [3.05, 3.63) is 28.8 Å². The maximum atomic E-state index is 13.2. The zero-order valence-corrected chi connectivity index (χ0v) is 15.9. The first-order chi connectivity index (χ1) is 12.8. The molecule has 3 amide bonds. The number of unbranched alkanes of at least 4 members (excludes halogenated alkanes) is 1. The summed E-state index contributed by atoms with van der Waals surface area (Å²) in [6.07, 6.45) is 0.635. The van der Waals surface area contributed by atoms with Crippen LogP contribution in [0.4, 0.5) is 5.69 Å². The minimum atomic E-state index is -1.40. The van der Waals surface area contributed by atoms with E-state index >= 15 is 0 Å². The van der Waals surface area contributed by atoms with Crippen molar-refractivity contribution in [2.45, 2.75) is 44.4 Å². The van der Waals surface area contributed by atoms with Gasteiger partial charge in [-0.05, 0) is 19.4 Å². The molecule has 1 aromatic rings. The second-order valence-corrected chi connectivity index (χ2v) is 7.93. The van der Waals surface area contributed by atoms with E-state index < -0.39 is 35.4 Å². The lowest BCUT2D eigenvalue weighted by molar-refractivity contribution is -0.143. The first kappa shape index (κ1) is 18.4. The molecule has 2 fully saturated rings. The molecule has 3 aliphatic rings. The maximum absolute atomic E-state index is 13.2. The number of imide groups is 1. The van der Waals surface area contributed by atoms with Crippen LogP contribution in [0.1, 0.15) is 32.3 Å². The van der Waals surface area contributed by atoms with E-state index in [1.807, 2.05) is 6.92 Å². The number of hydrogen-bond donors (Lipinski definition) is 3. The quantitative estimate of drug-likeness (QED) is 0.671. The van der Waals surface area contributed by atoms with Gasteiger partial charge in [-0.2, -0.15) is 0 Å². The zero-order chi connectivity index (χ0) is 19.5. The summed E-state index contributed by atoms with van der Waals surface area (Å²) >= 11 is 6.25. The molecule has 2 saturated heterocycles. The summed E-state index contributed by atoms with van der Waals surface area (Å²) in [6.45, 7) is 3.87. The van der Waals surface area contributed by atoms with Crippen LogP contribution in [0.15, 0.2) is 18.2 Å². The number of carbonyl (C=O) groups excluding carboxylic acids is 3. The smallest absolute Gasteiger partial charge is 0.250 e. The van der Waals surface area contributed by atoms with E-state index in [9.17, 15) is 19.5 Å². The number of aliphatic hydroxyl groups is 1. The molecule has 7 nitrogen and oxygen atoms in total. The second kappa shape index (κ2) is 6.29. The van der Waals surface area contributed by atoms with Crippen molar-refractivity contribution in [3.63, 3.8) is 0 Å². The van der Waals surface area contributed by atoms with E-state index in [2.05, 4.69) is 10.6 Å². The van der Waals surface area contributed by atoms with Crippen molar-refractivity contribution in [2.24, 2.45) is 11.8 Å². The molecular weight excluding hydrogens is 370 g/mol. The highest BCUT2D eigenvalue weighted by Gasteiger charge is 2.71. The van der Waals surface area contributed by atoms with Crippen LogP contribution in [-0.4, -0.2) is 46.4 Å². The van der Waals surface area contributed by atoms with E-state index in [1.54, 1.807) is 25.1 Å². The topological polar surface area (TPSA) is 98.7 Å². The van der Waals surface area contributed by atoms with Crippen LogP contribution in [0, 0.1) is 11.8 Å². The number of aliphatic hydroxyl groups excluding tert-OH is 1. The van der Waals surface area contributed by atoms with Gasteiger partial charge in [0.15, 0.2) is 0 Å². The first-order valence-electron chi connectivity index (χ1n) is 9.26. The zero-order valence-electron chi connectivity index (χ0n) is 15.2. The van der Waals surface area contributed by atoms with Crippen LogP contribution in [0.3, 0.4) is 0 Å². The van der Waals surface area contributed by atoms with Gasteiger partial charge in [0.25, 0.3) is 0 Å². The summed E-state index contributed by atoms with van der Waals surface area (Å²) in [5.41, 5.74) is -0.397. The number of carbonyl (C=O) groups is 3. The normalized spacial score (nSPS) is 32.8. The predicted octanol–water partition coefficient (Wildman–Crippen LogP) is 1.24. The third kappa shape index (κ3) is 2.31. The number of nitrogens with one attached hydrogen (secondary N) is 2. The van der Waals surface area contributed by atoms with Crippen LogP contribution in [-0.2, 0) is 19.9 Å². The summed E-state index contributed by atoms with van der Waals surface area (Å²) in [5.74, 6) is -2.79. The summed E-state index contributed by atoms with van der Waals surface area (Å²) in [6, 6.07) is 4.41. The van der Waals surface area contributed by atoms with Gasteiger partial charge in [-0.1, -0.05) is 37.1 Å². The molecule has 144 valence electrons. The fourth-order valence-electron chi connectivity index (χ4n) is 4.73. The molecule has 5 atom stereocenters. The summed E-state index contributed by atoms with van der Waals surface area (Å²) in [4.78, 5) is 40.6. The van der Waals surface area contributed by atoms with Gasteiger partial charge >= 0.3 is 0 Å². The molecule has 8 heteroatoms. The number of anilines is 1. The van der Waals surface area contributed by atoms with Gasteiger partial charge in [0.05, 0.1) is 28.6 Å². The Kier molecular flexibility index (Phi) is 4.29. The molecule has 3 N–H and O–H groups in total. The molecule has 0 bridgehead atoms. The van der Waals surface area contributed by atoms with Crippen molar-refractivity contribution in [3.8, 4) is 0 Å². The maximum Gasteiger partial charge on any atom is 0.250 e. The van der Waals surface area contributed by atoms with Gasteiger partial charge < -0.3 is 10.4 Å². The highest BCUT2D eigenvalue weighted by Crippen LogP contribution is 2.54. The lowest BCUT2D eigenvalue weighted by atomic mass is 9.76. The number of amides is 3. The first-order valence-corrected chi connectivity index (χ1v) is 9.63. The van der Waals surface area contributed by atoms with Gasteiger partial charge in [-0.3, -0.25) is 24.6 Å². The molecule has 1 aromatic carbocycles. The minimum absolute atomic E-state index is 0.322. The molecule has 0 unspecified atom stereocenters. The Morgan fingerprint density at radius 2 is 2.04 bits per heavy atom. The number of rotatable bonds is 4. The Hall–Kier alpha value is -1.96. The SMILES string of the molecule is CCCCN1C(=O)[C@@H]2[C@H]([C@@H](C)O)N[C@@]3(C(=O)Nc4c(Cl)cccc43)[C@@H]2C1=O. The number of benzene rings is 1. The molecule has 4 rings (SSSR count). The number of hydrogen-bond acceptors (Lipinski definition) is 5. The molecule has 1 spiro atoms. The summed E-state index contributed by atoms with van der Waals surface area (Å²) < 4.78 is 0. The highest BCUT2D eigenvalue weighted by molar-refractivity contribution is 6.35. The average Bonchev–Trinajstić information content (AvgIpc) is 3.21. The van der Waals surface area contributed by atoms with Crippen LogP contribution < -0.4 is 10.6 Å². The monoisotopic (exact) mass is 391 g/mol. The fourth-order valence-corrected chi connectivity index (χ4v) is 4.96. The Morgan fingerprint density at radius 3 is 2.70 bits per heavy atom. The van der Waals surface area contributed by atoms with Crippen molar-refractivity contribution in [1.29, 1.82) is 0 Å². The fraction of sp³-hybridized carbons (Fsp3) is 0.526. The Morgan fingerprint density at radius 1 is 1.30 bits per heavy atom. The number of fused-ring (bicyclic) bond motifs is 4. The van der Waals surface area contributed by atoms with Gasteiger partial charge in [0.1, 0.15) is 5.54 Å². The van der Waals surface area contributed by atoms with E-state index in [1.165, 1.54) is 4.90 Å². The molecule has 0 aliphatic carbocycles. The van der Waals surface area contributed by atoms with Crippen LogP contribution in [0.2, 0.25) is 5.02 Å². The van der Waals surface area contributed by atoms with Crippen molar-refractivity contribution < 1.29 is 19.5 Å². The second-order valence-electron chi connectivity index (χ2n) is 7.52. The van der Waals surface area contributed by atoms with Gasteiger partial charge in [-0.15, -0.1) is 0 Å². The van der Waals surface area contributed by atoms with Crippen LogP contribution in [0.5, 0.6) is 0 Å². The molecule has 0 aromatic heterocycles. The number of halogens is 1. The molecule has 3 aliphatic heterocycles. The van der Waals surface area contributed by atoms with E-state index in [4.69, 9.17) is 11.6 Å². The standard InChI is InChI=1S/C19H22ClN3O4/c1-3-4-8-23-16(25)12-13(17(23)26)19(22-14(12)9(2)24)10-6-5-7-11(20)15(10)21-18(19)27/h5-7,9,12-14,22,24H,3-4,8H2,1-2H3,(H,21,27)/t9-,12+,13+,14+,19-/m1/s1. The number of likely N-dealkylation sites (tertiary alicyclic amines) is 1. The van der Waals surface area contributed by atoms with Gasteiger partial charge in [0.2, 0.25) is 17.7 Å².